The first-order valence-electron chi connectivity index (χ1n) is 8.97. The maximum Gasteiger partial charge on any atom is 0.255 e. The number of nitrogens with one attached hydrogen (secondary N) is 1. The predicted molar refractivity (Wildman–Crippen MR) is 100 cm³/mol. The summed E-state index contributed by atoms with van der Waals surface area (Å²) in [5.41, 5.74) is 3.25. The molecule has 0 unspecified atom stereocenters. The first-order chi connectivity index (χ1) is 12.5. The second kappa shape index (κ2) is 7.64. The molecule has 0 spiro atoms. The molecular weight excluding hydrogens is 328 g/mol. The summed E-state index contributed by atoms with van der Waals surface area (Å²) in [6.07, 6.45) is 3.44. The highest BCUT2D eigenvalue weighted by Crippen LogP contribution is 2.26. The van der Waals surface area contributed by atoms with Crippen molar-refractivity contribution >= 4 is 17.5 Å². The second-order valence-electron chi connectivity index (χ2n) is 6.83. The molecule has 1 N–H and O–H groups in total. The fourth-order valence-electron chi connectivity index (χ4n) is 3.24. The highest BCUT2D eigenvalue weighted by Gasteiger charge is 2.23. The minimum Gasteiger partial charge on any atom is -0.343 e. The molecule has 136 valence electrons. The van der Waals surface area contributed by atoms with Crippen LogP contribution in [0, 0.1) is 6.92 Å². The van der Waals surface area contributed by atoms with Crippen molar-refractivity contribution in [1.29, 1.82) is 0 Å². The lowest BCUT2D eigenvalue weighted by Gasteiger charge is -2.29. The van der Waals surface area contributed by atoms with E-state index in [0.29, 0.717) is 23.6 Å². The molecule has 1 aliphatic rings. The molecule has 6 nitrogen and oxygen atoms in total. The molecule has 2 amide bonds. The quantitative estimate of drug-likeness (QED) is 0.918. The van der Waals surface area contributed by atoms with E-state index in [2.05, 4.69) is 15.3 Å². The van der Waals surface area contributed by atoms with Gasteiger partial charge in [0, 0.05) is 18.4 Å². The molecule has 0 radical (unpaired) electrons. The number of aromatic nitrogens is 2. The maximum atomic E-state index is 12.6. The number of para-hydroxylation sites is 1. The van der Waals surface area contributed by atoms with Gasteiger partial charge in [-0.2, -0.15) is 0 Å². The number of hydrogen-bond donors (Lipinski definition) is 1. The molecule has 0 atom stereocenters. The molecular formula is C20H24N4O2. The molecule has 2 aromatic rings. The van der Waals surface area contributed by atoms with Gasteiger partial charge in [0.2, 0.25) is 5.91 Å². The van der Waals surface area contributed by atoms with Crippen molar-refractivity contribution in [2.75, 3.05) is 18.0 Å². The smallest absolute Gasteiger partial charge is 0.255 e. The fourth-order valence-corrected chi connectivity index (χ4v) is 3.24. The van der Waals surface area contributed by atoms with E-state index in [1.54, 1.807) is 11.8 Å². The van der Waals surface area contributed by atoms with Crippen molar-refractivity contribution in [3.8, 4) is 0 Å². The van der Waals surface area contributed by atoms with Crippen LogP contribution < -0.4 is 10.2 Å². The maximum absolute atomic E-state index is 12.6. The van der Waals surface area contributed by atoms with Crippen LogP contribution in [0.2, 0.25) is 0 Å². The molecule has 0 bridgehead atoms. The van der Waals surface area contributed by atoms with Gasteiger partial charge in [-0.05, 0) is 37.3 Å². The Labute approximate surface area is 153 Å². The van der Waals surface area contributed by atoms with Crippen LogP contribution in [-0.4, -0.2) is 34.9 Å². The third-order valence-corrected chi connectivity index (χ3v) is 4.54. The standard InChI is InChI=1S/C20H24N4O2/c1-13(2)19-16(11-21-14(3)23-19)20(26)22-12-18(25)24-10-6-8-15-7-4-5-9-17(15)24/h4-5,7,9,11,13H,6,8,10,12H2,1-3H3,(H,22,26). The molecule has 3 rings (SSSR count). The first kappa shape index (κ1) is 18.0. The van der Waals surface area contributed by atoms with Crippen molar-refractivity contribution in [2.45, 2.75) is 39.5 Å². The van der Waals surface area contributed by atoms with Gasteiger partial charge < -0.3 is 10.2 Å². The largest absolute Gasteiger partial charge is 0.343 e. The van der Waals surface area contributed by atoms with Gasteiger partial charge in [-0.3, -0.25) is 9.59 Å². The highest BCUT2D eigenvalue weighted by atomic mass is 16.2. The van der Waals surface area contributed by atoms with Gasteiger partial charge in [-0.1, -0.05) is 32.0 Å². The number of rotatable bonds is 4. The number of amides is 2. The van der Waals surface area contributed by atoms with E-state index in [-0.39, 0.29) is 24.3 Å². The summed E-state index contributed by atoms with van der Waals surface area (Å²) in [7, 11) is 0. The minimum absolute atomic E-state index is 0.0431. The zero-order chi connectivity index (χ0) is 18.7. The lowest BCUT2D eigenvalue weighted by atomic mass is 10.0. The van der Waals surface area contributed by atoms with Crippen LogP contribution in [0.5, 0.6) is 0 Å². The number of benzene rings is 1. The molecule has 0 aliphatic carbocycles. The number of aryl methyl sites for hydroxylation is 2. The monoisotopic (exact) mass is 352 g/mol. The predicted octanol–water partition coefficient (Wildman–Crippen LogP) is 2.62. The molecule has 0 saturated carbocycles. The lowest BCUT2D eigenvalue weighted by Crippen LogP contribution is -2.42. The van der Waals surface area contributed by atoms with Crippen molar-refractivity contribution in [3.05, 3.63) is 53.1 Å². The summed E-state index contributed by atoms with van der Waals surface area (Å²) in [4.78, 5) is 35.5. The lowest BCUT2D eigenvalue weighted by molar-refractivity contribution is -0.117. The average molecular weight is 352 g/mol. The molecule has 26 heavy (non-hydrogen) atoms. The van der Waals surface area contributed by atoms with E-state index in [1.807, 2.05) is 38.1 Å². The Balaban J connectivity index is 1.70. The summed E-state index contributed by atoms with van der Waals surface area (Å²) in [6, 6.07) is 7.92. The number of carbonyl (C=O) groups excluding carboxylic acids is 2. The molecule has 1 aromatic carbocycles. The number of hydrogen-bond acceptors (Lipinski definition) is 4. The van der Waals surface area contributed by atoms with Crippen LogP contribution >= 0.6 is 0 Å². The zero-order valence-corrected chi connectivity index (χ0v) is 15.5. The van der Waals surface area contributed by atoms with E-state index in [0.717, 1.165) is 18.5 Å². The van der Waals surface area contributed by atoms with Crippen LogP contribution in [0.4, 0.5) is 5.69 Å². The Morgan fingerprint density at radius 2 is 2.04 bits per heavy atom. The van der Waals surface area contributed by atoms with E-state index < -0.39 is 0 Å². The van der Waals surface area contributed by atoms with Gasteiger partial charge in [0.1, 0.15) is 5.82 Å². The van der Waals surface area contributed by atoms with Gasteiger partial charge >= 0.3 is 0 Å². The Hall–Kier alpha value is -2.76. The first-order valence-corrected chi connectivity index (χ1v) is 8.97. The van der Waals surface area contributed by atoms with E-state index in [9.17, 15) is 9.59 Å². The second-order valence-corrected chi connectivity index (χ2v) is 6.83. The Morgan fingerprint density at radius 3 is 2.81 bits per heavy atom. The molecule has 1 aromatic heterocycles. The van der Waals surface area contributed by atoms with Crippen molar-refractivity contribution in [3.63, 3.8) is 0 Å². The van der Waals surface area contributed by atoms with Crippen LogP contribution in [0.15, 0.2) is 30.5 Å². The van der Waals surface area contributed by atoms with Crippen LogP contribution in [0.3, 0.4) is 0 Å². The van der Waals surface area contributed by atoms with E-state index in [1.165, 1.54) is 11.8 Å². The van der Waals surface area contributed by atoms with Gasteiger partial charge in [0.15, 0.2) is 0 Å². The fraction of sp³-hybridized carbons (Fsp3) is 0.400. The molecule has 2 heterocycles. The third kappa shape index (κ3) is 3.74. The van der Waals surface area contributed by atoms with Crippen molar-refractivity contribution in [1.82, 2.24) is 15.3 Å². The Morgan fingerprint density at radius 1 is 1.27 bits per heavy atom. The summed E-state index contributed by atoms with van der Waals surface area (Å²) >= 11 is 0. The SMILES string of the molecule is Cc1ncc(C(=O)NCC(=O)N2CCCc3ccccc32)c(C(C)C)n1. The summed E-state index contributed by atoms with van der Waals surface area (Å²) in [6.45, 7) is 6.39. The van der Waals surface area contributed by atoms with E-state index >= 15 is 0 Å². The van der Waals surface area contributed by atoms with Gasteiger partial charge in [-0.25, -0.2) is 9.97 Å². The normalized spacial score (nSPS) is 13.5. The third-order valence-electron chi connectivity index (χ3n) is 4.54. The molecule has 0 fully saturated rings. The van der Waals surface area contributed by atoms with Gasteiger partial charge in [-0.15, -0.1) is 0 Å². The van der Waals surface area contributed by atoms with Gasteiger partial charge in [0.05, 0.1) is 17.8 Å². The average Bonchev–Trinajstić information content (AvgIpc) is 2.65. The Bertz CT molecular complexity index is 832. The summed E-state index contributed by atoms with van der Waals surface area (Å²) in [5.74, 6) is 0.311. The van der Waals surface area contributed by atoms with Crippen molar-refractivity contribution < 1.29 is 9.59 Å². The van der Waals surface area contributed by atoms with E-state index in [4.69, 9.17) is 0 Å². The number of nitrogens with zero attached hydrogens (tertiary/aromatic N) is 3. The van der Waals surface area contributed by atoms with Crippen LogP contribution in [0.25, 0.3) is 0 Å². The van der Waals surface area contributed by atoms with Gasteiger partial charge in [0.25, 0.3) is 5.91 Å². The molecule has 0 saturated heterocycles. The topological polar surface area (TPSA) is 75.2 Å². The van der Waals surface area contributed by atoms with Crippen LogP contribution in [-0.2, 0) is 11.2 Å². The minimum atomic E-state index is -0.313. The summed E-state index contributed by atoms with van der Waals surface area (Å²) in [5, 5.41) is 2.73. The van der Waals surface area contributed by atoms with Crippen LogP contribution in [0.1, 0.15) is 53.6 Å². The number of fused-ring (bicyclic) bond motifs is 1. The number of carbonyl (C=O) groups is 2. The molecule has 6 heteroatoms. The highest BCUT2D eigenvalue weighted by molar-refractivity contribution is 6.01. The van der Waals surface area contributed by atoms with Crippen molar-refractivity contribution in [2.24, 2.45) is 0 Å². The summed E-state index contributed by atoms with van der Waals surface area (Å²) < 4.78 is 0. The Kier molecular flexibility index (Phi) is 5.30. The number of anilines is 1. The zero-order valence-electron chi connectivity index (χ0n) is 15.5. The molecule has 1 aliphatic heterocycles.